The SMILES string of the molecule is [2H]C([2H])([2H])c1ccc2c(n1)oc1c3ccc(c12)CCc1cc2cc(c1)CC(C)(C)c1ccc(cc1)-c1ccc(cn1)C(C)(C)Cc1cc(cc(c1)CC(C)(C)c1ccc(nc1)-c1ccc(cc1)C(C)(C)C2)CCc1ccc-3nc1. The van der Waals surface area contributed by atoms with E-state index in [9.17, 15) is 0 Å². The van der Waals surface area contributed by atoms with Crippen LogP contribution in [-0.4, -0.2) is 19.9 Å². The van der Waals surface area contributed by atoms with Gasteiger partial charge in [-0.2, -0.15) is 0 Å². The number of hydrogen-bond acceptors (Lipinski definition) is 5. The van der Waals surface area contributed by atoms with E-state index in [4.69, 9.17) is 23.5 Å². The Bertz CT molecular complexity index is 3750. The molecule has 5 nitrogen and oxygen atoms in total. The summed E-state index contributed by atoms with van der Waals surface area (Å²) in [5.74, 6) is 0. The average molecular weight is 998 g/mol. The third kappa shape index (κ3) is 9.81. The third-order valence-electron chi connectivity index (χ3n) is 16.9. The number of hydrogen-bond donors (Lipinski definition) is 0. The normalized spacial score (nSPS) is 17.5. The summed E-state index contributed by atoms with van der Waals surface area (Å²) in [5.41, 5.74) is 21.1. The van der Waals surface area contributed by atoms with Crippen molar-refractivity contribution in [2.75, 3.05) is 0 Å². The molecule has 16 aliphatic heterocycles. The molecule has 27 aliphatic rings. The monoisotopic (exact) mass is 998 g/mol. The van der Waals surface area contributed by atoms with Crippen LogP contribution in [0.25, 0.3) is 55.8 Å². The number of furan rings is 1. The van der Waals surface area contributed by atoms with Crippen LogP contribution in [0.2, 0.25) is 0 Å². The molecule has 5 aromatic heterocycles. The first-order valence-corrected chi connectivity index (χ1v) is 27.3. The van der Waals surface area contributed by atoms with Gasteiger partial charge in [-0.3, -0.25) is 15.0 Å². The first kappa shape index (κ1) is 45.9. The Morgan fingerprint density at radius 2 is 0.855 bits per heavy atom. The lowest BCUT2D eigenvalue weighted by Crippen LogP contribution is -2.23. The summed E-state index contributed by atoms with van der Waals surface area (Å²) >= 11 is 0. The number of benzene rings is 5. The van der Waals surface area contributed by atoms with Crippen molar-refractivity contribution in [3.05, 3.63) is 237 Å². The molecule has 0 spiro atoms. The van der Waals surface area contributed by atoms with Gasteiger partial charge in [-0.25, -0.2) is 4.98 Å². The van der Waals surface area contributed by atoms with E-state index in [1.54, 1.807) is 6.07 Å². The van der Waals surface area contributed by atoms with Crippen molar-refractivity contribution in [2.45, 2.75) is 135 Å². The van der Waals surface area contributed by atoms with Crippen LogP contribution in [0.4, 0.5) is 0 Å². The van der Waals surface area contributed by atoms with Crippen molar-refractivity contribution < 1.29 is 8.53 Å². The zero-order valence-electron chi connectivity index (χ0n) is 48.4. The van der Waals surface area contributed by atoms with E-state index in [-0.39, 0.29) is 27.4 Å². The van der Waals surface area contributed by atoms with E-state index in [2.05, 4.69) is 206 Å². The molecule has 10 aromatic rings. The van der Waals surface area contributed by atoms with Gasteiger partial charge in [0.25, 0.3) is 0 Å². The molecule has 11 aliphatic carbocycles. The van der Waals surface area contributed by atoms with Crippen LogP contribution in [0.15, 0.2) is 169 Å². The Morgan fingerprint density at radius 3 is 1.33 bits per heavy atom. The van der Waals surface area contributed by atoms with Crippen LogP contribution in [0.5, 0.6) is 0 Å². The second-order valence-corrected chi connectivity index (χ2v) is 24.8. The molecule has 37 rings (SSSR count). The van der Waals surface area contributed by atoms with Crippen LogP contribution in [-0.2, 0) is 73.0 Å². The fraction of sp³-hybridized carbons (Fsp3) is 0.296. The van der Waals surface area contributed by atoms with Gasteiger partial charge in [-0.1, -0.05) is 165 Å². The Labute approximate surface area is 454 Å². The van der Waals surface area contributed by atoms with Gasteiger partial charge >= 0.3 is 0 Å². The molecule has 21 heterocycles. The molecule has 0 N–H and O–H groups in total. The summed E-state index contributed by atoms with van der Waals surface area (Å²) in [5, 5.41) is 1.75. The van der Waals surface area contributed by atoms with E-state index in [1.165, 1.54) is 55.6 Å². The fourth-order valence-corrected chi connectivity index (χ4v) is 12.5. The van der Waals surface area contributed by atoms with Crippen molar-refractivity contribution in [1.29, 1.82) is 0 Å². The number of aryl methyl sites for hydroxylation is 5. The van der Waals surface area contributed by atoms with Gasteiger partial charge in [-0.15, -0.1) is 0 Å². The first-order chi connectivity index (χ1) is 37.6. The van der Waals surface area contributed by atoms with Crippen LogP contribution in [0.1, 0.15) is 132 Å². The number of nitrogens with zero attached hydrogens (tertiary/aromatic N) is 4. The van der Waals surface area contributed by atoms with Crippen molar-refractivity contribution in [2.24, 2.45) is 0 Å². The third-order valence-corrected chi connectivity index (χ3v) is 16.9. The first-order valence-electron chi connectivity index (χ1n) is 28.8. The highest BCUT2D eigenvalue weighted by Gasteiger charge is 2.28. The Morgan fingerprint density at radius 1 is 0.408 bits per heavy atom. The highest BCUT2D eigenvalue weighted by molar-refractivity contribution is 6.10. The molecule has 0 saturated heterocycles. The second kappa shape index (κ2) is 19.0. The molecule has 0 unspecified atom stereocenters. The molecule has 380 valence electrons. The van der Waals surface area contributed by atoms with Gasteiger partial charge in [0.2, 0.25) is 5.71 Å². The molecule has 5 aromatic carbocycles. The van der Waals surface area contributed by atoms with Crippen molar-refractivity contribution in [1.82, 2.24) is 19.9 Å². The highest BCUT2D eigenvalue weighted by Crippen LogP contribution is 2.40. The van der Waals surface area contributed by atoms with Crippen LogP contribution in [0.3, 0.4) is 0 Å². The summed E-state index contributed by atoms with van der Waals surface area (Å²) in [4.78, 5) is 20.0. The zero-order valence-corrected chi connectivity index (χ0v) is 45.4. The minimum absolute atomic E-state index is 0.0149. The molecule has 0 radical (unpaired) electrons. The van der Waals surface area contributed by atoms with Crippen molar-refractivity contribution in [3.8, 4) is 33.8 Å². The maximum Gasteiger partial charge on any atom is 0.227 e. The number of fused-ring (bicyclic) bond motifs is 1. The second-order valence-electron chi connectivity index (χ2n) is 24.8. The van der Waals surface area contributed by atoms with E-state index < -0.39 is 6.85 Å². The Balaban J connectivity index is 1.04. The fourth-order valence-electron chi connectivity index (χ4n) is 12.5. The van der Waals surface area contributed by atoms with Gasteiger partial charge in [-0.05, 0) is 183 Å². The Kier molecular flexibility index (Phi) is 11.4. The van der Waals surface area contributed by atoms with Crippen LogP contribution >= 0.6 is 0 Å². The summed E-state index contributed by atoms with van der Waals surface area (Å²) in [6.07, 6.45) is 12.8. The minimum Gasteiger partial charge on any atom is -0.437 e. The highest BCUT2D eigenvalue weighted by atomic mass is 16.3. The van der Waals surface area contributed by atoms with Crippen molar-refractivity contribution >= 4 is 22.1 Å². The molecule has 76 heavy (non-hydrogen) atoms. The summed E-state index contributed by atoms with van der Waals surface area (Å²) in [7, 11) is 0. The summed E-state index contributed by atoms with van der Waals surface area (Å²) in [6, 6.07) is 53.7. The molecule has 0 amide bonds. The molecule has 0 atom stereocenters. The molecule has 0 saturated carbocycles. The summed E-state index contributed by atoms with van der Waals surface area (Å²) < 4.78 is 31.3. The minimum atomic E-state index is -2.37. The number of rotatable bonds is 0. The predicted octanol–water partition coefficient (Wildman–Crippen LogP) is 16.8. The maximum absolute atomic E-state index is 8.19. The van der Waals surface area contributed by atoms with Crippen molar-refractivity contribution in [3.63, 3.8) is 0 Å². The van der Waals surface area contributed by atoms with Gasteiger partial charge in [0.1, 0.15) is 5.58 Å². The molecular weight excluding hydrogens is 925 g/mol. The maximum atomic E-state index is 8.19. The predicted molar refractivity (Wildman–Crippen MR) is 313 cm³/mol. The Hall–Kier alpha value is -7.50. The van der Waals surface area contributed by atoms with Gasteiger partial charge in [0.15, 0.2) is 0 Å². The van der Waals surface area contributed by atoms with Gasteiger partial charge < -0.3 is 4.42 Å². The van der Waals surface area contributed by atoms with E-state index in [1.807, 2.05) is 12.3 Å². The van der Waals surface area contributed by atoms with Gasteiger partial charge in [0.05, 0.1) is 17.1 Å². The number of aromatic nitrogens is 4. The molecular formula is C71H70N4O. The molecule has 0 fully saturated rings. The number of pyridine rings is 4. The molecule has 5 heteroatoms. The topological polar surface area (TPSA) is 64.7 Å². The van der Waals surface area contributed by atoms with Gasteiger partial charge in [0, 0.05) is 55.9 Å². The smallest absolute Gasteiger partial charge is 0.227 e. The quantitative estimate of drug-likeness (QED) is 0.151. The zero-order chi connectivity index (χ0) is 55.1. The van der Waals surface area contributed by atoms with E-state index in [0.717, 1.165) is 107 Å². The lowest BCUT2D eigenvalue weighted by molar-refractivity contribution is 0.512. The molecule has 18 bridgehead atoms. The van der Waals surface area contributed by atoms with Crippen LogP contribution in [0, 0.1) is 6.85 Å². The lowest BCUT2D eigenvalue weighted by atomic mass is 9.76. The summed E-state index contributed by atoms with van der Waals surface area (Å²) in [6.45, 7) is 16.4. The lowest BCUT2D eigenvalue weighted by Gasteiger charge is -2.29. The largest absolute Gasteiger partial charge is 0.437 e. The van der Waals surface area contributed by atoms with Crippen LogP contribution < -0.4 is 0 Å². The standard InChI is InChI=1S/C71H70N4O/c1-45-10-27-61-65-55-15-13-48-34-49-36-50(35-48)39-69(4,5)57-23-18-54(19-24-57)63-31-26-59(44-74-63)71(8,9)41-52-33-47(12-11-46-14-29-64(72-42-46)60(28-20-55)66(65)76-67(61)75-45)32-51(37-52)40-70(6,7)58-25-30-62(73-43-58)53-16-21-56(22-17-53)68(2,3)38-49/h10,14,16-37,42-44H,11-13,15,38-41H2,1-9H3/i1D3. The van der Waals surface area contributed by atoms with E-state index in [0.29, 0.717) is 11.3 Å². The van der Waals surface area contributed by atoms with E-state index >= 15 is 0 Å². The average Bonchev–Trinajstić information content (AvgIpc) is 4.04.